The SMILES string of the molecule is C=C1CC[C@H]2[C@@H](C(=O)/C(C)=C(\O)[C@@]3(O)C[C@H](C)[C@H](OCCCC)[C@@H]3[C@H]1OC(C)=O)C2(C)C. The molecule has 0 amide bonds. The molecule has 0 aromatic rings. The zero-order valence-corrected chi connectivity index (χ0v) is 20.4. The third-order valence-electron chi connectivity index (χ3n) is 8.17. The van der Waals surface area contributed by atoms with Crippen LogP contribution in [0.1, 0.15) is 73.6 Å². The second kappa shape index (κ2) is 8.94. The number of aliphatic hydroxyl groups is 2. The normalized spacial score (nSPS) is 41.5. The molecule has 0 aliphatic heterocycles. The number of Topliss-reactive ketones (excluding diaryl/α,β-unsaturated/α-hetero) is 1. The van der Waals surface area contributed by atoms with Gasteiger partial charge in [0.25, 0.3) is 0 Å². The van der Waals surface area contributed by atoms with Crippen LogP contribution in [0, 0.1) is 29.1 Å². The van der Waals surface area contributed by atoms with Gasteiger partial charge < -0.3 is 19.7 Å². The lowest BCUT2D eigenvalue weighted by Crippen LogP contribution is -2.49. The van der Waals surface area contributed by atoms with E-state index in [1.807, 2.05) is 6.92 Å². The number of ketones is 1. The van der Waals surface area contributed by atoms with Crippen LogP contribution in [0.4, 0.5) is 0 Å². The van der Waals surface area contributed by atoms with Crippen molar-refractivity contribution < 1.29 is 29.3 Å². The predicted octanol–water partition coefficient (Wildman–Crippen LogP) is 4.51. The van der Waals surface area contributed by atoms with Gasteiger partial charge in [-0.1, -0.05) is 40.7 Å². The minimum Gasteiger partial charge on any atom is -0.509 e. The molecule has 6 nitrogen and oxygen atoms in total. The highest BCUT2D eigenvalue weighted by Gasteiger charge is 2.64. The molecular formula is C26H40O6. The van der Waals surface area contributed by atoms with Crippen molar-refractivity contribution in [2.75, 3.05) is 6.61 Å². The Labute approximate surface area is 192 Å². The Hall–Kier alpha value is -1.66. The van der Waals surface area contributed by atoms with Crippen LogP contribution in [0.3, 0.4) is 0 Å². The van der Waals surface area contributed by atoms with Gasteiger partial charge in [-0.25, -0.2) is 0 Å². The molecular weight excluding hydrogens is 408 g/mol. The van der Waals surface area contributed by atoms with Crippen molar-refractivity contribution in [3.8, 4) is 0 Å². The van der Waals surface area contributed by atoms with Crippen LogP contribution in [0.2, 0.25) is 0 Å². The molecule has 0 aromatic carbocycles. The number of fused-ring (bicyclic) bond motifs is 2. The van der Waals surface area contributed by atoms with Gasteiger partial charge in [-0.15, -0.1) is 0 Å². The lowest BCUT2D eigenvalue weighted by Gasteiger charge is -2.38. The van der Waals surface area contributed by atoms with E-state index in [1.165, 1.54) is 6.92 Å². The maximum absolute atomic E-state index is 13.3. The highest BCUT2D eigenvalue weighted by atomic mass is 16.5. The molecule has 2 N–H and O–H groups in total. The molecule has 0 saturated heterocycles. The summed E-state index contributed by atoms with van der Waals surface area (Å²) < 4.78 is 12.0. The van der Waals surface area contributed by atoms with Gasteiger partial charge in [-0.05, 0) is 55.4 Å². The van der Waals surface area contributed by atoms with Crippen LogP contribution in [0.15, 0.2) is 23.5 Å². The van der Waals surface area contributed by atoms with Gasteiger partial charge in [0.1, 0.15) is 17.5 Å². The summed E-state index contributed by atoms with van der Waals surface area (Å²) in [5, 5.41) is 23.3. The number of ether oxygens (including phenoxy) is 2. The number of unbranched alkanes of at least 4 members (excludes halogenated alkanes) is 1. The van der Waals surface area contributed by atoms with Gasteiger partial charge in [-0.2, -0.15) is 0 Å². The van der Waals surface area contributed by atoms with Crippen molar-refractivity contribution in [1.82, 2.24) is 0 Å². The number of rotatable bonds is 5. The molecule has 0 heterocycles. The summed E-state index contributed by atoms with van der Waals surface area (Å²) in [6, 6.07) is 0. The number of hydrogen-bond donors (Lipinski definition) is 2. The topological polar surface area (TPSA) is 93.1 Å². The van der Waals surface area contributed by atoms with Gasteiger partial charge in [0.15, 0.2) is 5.78 Å². The molecule has 2 saturated carbocycles. The summed E-state index contributed by atoms with van der Waals surface area (Å²) in [4.78, 5) is 25.4. The third-order valence-corrected chi connectivity index (χ3v) is 8.17. The number of carbonyl (C=O) groups is 2. The summed E-state index contributed by atoms with van der Waals surface area (Å²) in [6.45, 7) is 15.9. The van der Waals surface area contributed by atoms with Crippen molar-refractivity contribution in [3.05, 3.63) is 23.5 Å². The van der Waals surface area contributed by atoms with Crippen LogP contribution in [-0.4, -0.2) is 46.4 Å². The minimum absolute atomic E-state index is 0.106. The Morgan fingerprint density at radius 3 is 2.56 bits per heavy atom. The number of carbonyl (C=O) groups excluding carboxylic acids is 2. The first kappa shape index (κ1) is 25.0. The molecule has 2 fully saturated rings. The summed E-state index contributed by atoms with van der Waals surface area (Å²) in [5.41, 5.74) is -1.01. The Bertz CT molecular complexity index is 811. The van der Waals surface area contributed by atoms with E-state index in [0.29, 0.717) is 18.6 Å². The van der Waals surface area contributed by atoms with Gasteiger partial charge in [0.2, 0.25) is 0 Å². The van der Waals surface area contributed by atoms with Crippen LogP contribution in [0.25, 0.3) is 0 Å². The van der Waals surface area contributed by atoms with Gasteiger partial charge in [-0.3, -0.25) is 9.59 Å². The Morgan fingerprint density at radius 1 is 1.31 bits per heavy atom. The summed E-state index contributed by atoms with van der Waals surface area (Å²) >= 11 is 0. The van der Waals surface area contributed by atoms with Crippen LogP contribution < -0.4 is 0 Å². The summed E-state index contributed by atoms with van der Waals surface area (Å²) in [7, 11) is 0. The molecule has 7 atom stereocenters. The van der Waals surface area contributed by atoms with E-state index >= 15 is 0 Å². The van der Waals surface area contributed by atoms with E-state index in [2.05, 4.69) is 27.4 Å². The summed E-state index contributed by atoms with van der Waals surface area (Å²) in [6.07, 6.45) is 2.13. The lowest BCUT2D eigenvalue weighted by molar-refractivity contribution is -0.157. The fourth-order valence-electron chi connectivity index (χ4n) is 6.23. The fraction of sp³-hybridized carbons (Fsp3) is 0.769. The fourth-order valence-corrected chi connectivity index (χ4v) is 6.23. The number of aliphatic hydroxyl groups excluding tert-OH is 1. The van der Waals surface area contributed by atoms with E-state index in [9.17, 15) is 19.8 Å². The van der Waals surface area contributed by atoms with Gasteiger partial charge in [0.05, 0.1) is 12.0 Å². The molecule has 6 heteroatoms. The number of allylic oxidation sites excluding steroid dienone is 1. The zero-order chi connectivity index (χ0) is 24.0. The molecule has 0 unspecified atom stereocenters. The van der Waals surface area contributed by atoms with E-state index in [-0.39, 0.29) is 46.7 Å². The monoisotopic (exact) mass is 448 g/mol. The van der Waals surface area contributed by atoms with Gasteiger partial charge >= 0.3 is 5.97 Å². The Kier molecular flexibility index (Phi) is 6.98. The highest BCUT2D eigenvalue weighted by Crippen LogP contribution is 2.62. The van der Waals surface area contributed by atoms with Crippen molar-refractivity contribution in [2.24, 2.45) is 29.1 Å². The number of hydrogen-bond acceptors (Lipinski definition) is 6. The Balaban J connectivity index is 2.12. The maximum Gasteiger partial charge on any atom is 0.303 e. The third kappa shape index (κ3) is 4.16. The lowest BCUT2D eigenvalue weighted by atomic mass is 9.78. The first-order valence-corrected chi connectivity index (χ1v) is 12.0. The minimum atomic E-state index is -1.74. The summed E-state index contributed by atoms with van der Waals surface area (Å²) in [5.74, 6) is -1.77. The molecule has 3 aliphatic carbocycles. The highest BCUT2D eigenvalue weighted by molar-refractivity contribution is 6.00. The van der Waals surface area contributed by atoms with E-state index in [0.717, 1.165) is 19.3 Å². The molecule has 0 aromatic heterocycles. The largest absolute Gasteiger partial charge is 0.509 e. The van der Waals surface area contributed by atoms with E-state index in [1.54, 1.807) is 6.92 Å². The standard InChI is InChI=1S/C26H40O6/c1-8-9-12-31-22-15(3)13-26(30)20(22)23(32-17(5)27)14(2)10-11-18-19(25(18,6)7)21(28)16(4)24(26)29/h15,18-20,22-23,29-30H,2,8-13H2,1,3-7H3/b24-16-/t15-,18-,19-,20+,22-,23-,26+/m0/s1. The van der Waals surface area contributed by atoms with Crippen LogP contribution in [0.5, 0.6) is 0 Å². The van der Waals surface area contributed by atoms with Crippen molar-refractivity contribution >= 4 is 11.8 Å². The smallest absolute Gasteiger partial charge is 0.303 e. The van der Waals surface area contributed by atoms with Crippen molar-refractivity contribution in [3.63, 3.8) is 0 Å². The van der Waals surface area contributed by atoms with Crippen molar-refractivity contribution in [2.45, 2.75) is 91.5 Å². The molecule has 0 bridgehead atoms. The first-order valence-electron chi connectivity index (χ1n) is 12.0. The van der Waals surface area contributed by atoms with Crippen molar-refractivity contribution in [1.29, 1.82) is 0 Å². The Morgan fingerprint density at radius 2 is 1.97 bits per heavy atom. The van der Waals surface area contributed by atoms with Crippen LogP contribution in [-0.2, 0) is 19.1 Å². The van der Waals surface area contributed by atoms with E-state index in [4.69, 9.17) is 9.47 Å². The van der Waals surface area contributed by atoms with E-state index < -0.39 is 29.7 Å². The molecule has 3 aliphatic rings. The first-order chi connectivity index (χ1) is 14.9. The van der Waals surface area contributed by atoms with Crippen LogP contribution >= 0.6 is 0 Å². The number of esters is 1. The average Bonchev–Trinajstić information content (AvgIpc) is 3.16. The molecule has 32 heavy (non-hydrogen) atoms. The zero-order valence-electron chi connectivity index (χ0n) is 20.4. The predicted molar refractivity (Wildman–Crippen MR) is 122 cm³/mol. The average molecular weight is 449 g/mol. The molecule has 3 rings (SSSR count). The maximum atomic E-state index is 13.3. The second-order valence-electron chi connectivity index (χ2n) is 10.8. The second-order valence-corrected chi connectivity index (χ2v) is 10.8. The molecule has 0 radical (unpaired) electrons. The molecule has 0 spiro atoms. The van der Waals surface area contributed by atoms with Gasteiger partial charge in [0, 0.05) is 25.0 Å². The quantitative estimate of drug-likeness (QED) is 0.365. The molecule has 180 valence electrons.